The van der Waals surface area contributed by atoms with Crippen LogP contribution < -0.4 is 20.9 Å². The highest BCUT2D eigenvalue weighted by Gasteiger charge is 2.24. The van der Waals surface area contributed by atoms with Crippen LogP contribution >= 0.6 is 0 Å². The van der Waals surface area contributed by atoms with Crippen molar-refractivity contribution in [1.29, 1.82) is 0 Å². The minimum atomic E-state index is -0.532. The number of hydrogen-bond acceptors (Lipinski definition) is 3. The number of hydrogen-bond donors (Lipinski definition) is 2. The molecule has 142 valence electrons. The van der Waals surface area contributed by atoms with Gasteiger partial charge in [-0.05, 0) is 41.5 Å². The molecule has 1 amide bonds. The van der Waals surface area contributed by atoms with Crippen LogP contribution in [-0.4, -0.2) is 18.6 Å². The van der Waals surface area contributed by atoms with Crippen LogP contribution in [0.4, 0.5) is 0 Å². The summed E-state index contributed by atoms with van der Waals surface area (Å²) in [7, 11) is 0. The average molecular weight is 384 g/mol. The first-order chi connectivity index (χ1) is 14.1. The van der Waals surface area contributed by atoms with Crippen molar-refractivity contribution in [2.75, 3.05) is 0 Å². The van der Waals surface area contributed by atoms with E-state index in [-0.39, 0.29) is 6.02 Å². The molecule has 0 spiro atoms. The van der Waals surface area contributed by atoms with E-state index in [2.05, 4.69) is 11.4 Å². The Hall–Kier alpha value is -4.28. The van der Waals surface area contributed by atoms with Gasteiger partial charge in [-0.2, -0.15) is 4.67 Å². The molecule has 6 heteroatoms. The summed E-state index contributed by atoms with van der Waals surface area (Å²) in [5.41, 5.74) is 15.7. The van der Waals surface area contributed by atoms with Gasteiger partial charge >= 0.3 is 6.02 Å². The van der Waals surface area contributed by atoms with Crippen LogP contribution in [0, 0.1) is 0 Å². The van der Waals surface area contributed by atoms with E-state index >= 15 is 0 Å². The molecule has 0 unspecified atom stereocenters. The molecular weight excluding hydrogens is 366 g/mol. The zero-order valence-electron chi connectivity index (χ0n) is 15.5. The number of amides is 1. The first kappa shape index (κ1) is 18.1. The molecule has 1 aliphatic rings. The molecule has 1 heterocycles. The number of carbonyl (C=O) groups excluding carboxylic acids is 1. The lowest BCUT2D eigenvalue weighted by Crippen LogP contribution is -2.16. The lowest BCUT2D eigenvalue weighted by molar-refractivity contribution is 0.1000. The number of rotatable bonds is 3. The second kappa shape index (κ2) is 7.38. The number of nitrogens with zero attached hydrogens (tertiary/aromatic N) is 1. The molecule has 29 heavy (non-hydrogen) atoms. The van der Waals surface area contributed by atoms with Crippen LogP contribution in [-0.2, 0) is 4.74 Å². The van der Waals surface area contributed by atoms with Crippen molar-refractivity contribution in [2.24, 2.45) is 11.5 Å². The maximum atomic E-state index is 11.7. The Bertz CT molecular complexity index is 1190. The molecule has 3 aromatic rings. The quantitative estimate of drug-likeness (QED) is 0.245. The summed E-state index contributed by atoms with van der Waals surface area (Å²) in [6.45, 7) is 3.35. The van der Waals surface area contributed by atoms with Crippen LogP contribution in [0.1, 0.15) is 21.5 Å². The van der Waals surface area contributed by atoms with Crippen molar-refractivity contribution < 1.29 is 14.3 Å². The van der Waals surface area contributed by atoms with Gasteiger partial charge in [0, 0.05) is 22.3 Å². The van der Waals surface area contributed by atoms with Crippen LogP contribution in [0.15, 0.2) is 73.0 Å². The molecule has 0 saturated heterocycles. The maximum Gasteiger partial charge on any atom is 0.549 e. The van der Waals surface area contributed by atoms with Gasteiger partial charge < -0.3 is 15.2 Å². The van der Waals surface area contributed by atoms with E-state index < -0.39 is 5.91 Å². The van der Waals surface area contributed by atoms with Gasteiger partial charge in [0.15, 0.2) is 6.72 Å². The first-order valence-corrected chi connectivity index (χ1v) is 8.84. The number of primary amides is 1. The van der Waals surface area contributed by atoms with Crippen molar-refractivity contribution in [1.82, 2.24) is 4.67 Å². The fourth-order valence-electron chi connectivity index (χ4n) is 3.17. The van der Waals surface area contributed by atoms with E-state index in [0.29, 0.717) is 28.2 Å². The van der Waals surface area contributed by atoms with Crippen LogP contribution in [0.2, 0.25) is 0 Å². The Balaban J connectivity index is 1.90. The molecule has 0 radical (unpaired) electrons. The lowest BCUT2D eigenvalue weighted by atomic mass is 9.91. The Morgan fingerprint density at radius 1 is 0.931 bits per heavy atom. The van der Waals surface area contributed by atoms with Gasteiger partial charge in [-0.15, -0.1) is 0 Å². The van der Waals surface area contributed by atoms with Crippen molar-refractivity contribution in [3.05, 3.63) is 89.7 Å². The van der Waals surface area contributed by atoms with E-state index in [1.807, 2.05) is 48.5 Å². The van der Waals surface area contributed by atoms with Gasteiger partial charge in [-0.3, -0.25) is 4.79 Å². The van der Waals surface area contributed by atoms with Crippen LogP contribution in [0.3, 0.4) is 0 Å². The molecule has 4 N–H and O–H groups in total. The summed E-state index contributed by atoms with van der Waals surface area (Å²) < 4.78 is 15.0. The molecule has 0 atom stereocenters. The summed E-state index contributed by atoms with van der Waals surface area (Å²) in [4.78, 5) is 11.7. The number of carbonyl (C=O) groups is 1. The van der Waals surface area contributed by atoms with Crippen LogP contribution in [0.25, 0.3) is 16.7 Å². The molecule has 6 nitrogen and oxygen atoms in total. The third-order valence-electron chi connectivity index (χ3n) is 4.60. The second-order valence-corrected chi connectivity index (χ2v) is 6.40. The molecule has 0 bridgehead atoms. The van der Waals surface area contributed by atoms with Crippen LogP contribution in [0.5, 0.6) is 11.5 Å². The third kappa shape index (κ3) is 3.48. The van der Waals surface area contributed by atoms with E-state index in [1.165, 1.54) is 6.26 Å². The van der Waals surface area contributed by atoms with Crippen molar-refractivity contribution in [3.8, 4) is 22.6 Å². The fraction of sp³-hybridized carbons (Fsp3) is 0. The molecule has 0 fully saturated rings. The predicted octanol–water partition coefficient (Wildman–Crippen LogP) is 3.05. The Kier molecular flexibility index (Phi) is 4.61. The monoisotopic (exact) mass is 384 g/mol. The molecule has 3 aromatic carbocycles. The zero-order chi connectivity index (χ0) is 20.4. The summed E-state index contributed by atoms with van der Waals surface area (Å²) in [5.74, 6) is 0.703. The van der Waals surface area contributed by atoms with E-state index in [4.69, 9.17) is 20.9 Å². The number of nitrogens with two attached hydrogens (primary N) is 2. The van der Waals surface area contributed by atoms with E-state index in [0.717, 1.165) is 16.7 Å². The SMILES string of the molecule is C=[N+]=C(N)OC=C1c2cc(C(N)=O)ccc2Oc2ccc(-c3ccccc3)cc21. The van der Waals surface area contributed by atoms with E-state index in [9.17, 15) is 4.79 Å². The van der Waals surface area contributed by atoms with Gasteiger partial charge in [-0.1, -0.05) is 36.4 Å². The molecular formula is C23H18N3O3+. The van der Waals surface area contributed by atoms with Gasteiger partial charge in [0.2, 0.25) is 5.91 Å². The first-order valence-electron chi connectivity index (χ1n) is 8.84. The number of benzene rings is 3. The highest BCUT2D eigenvalue weighted by Crippen LogP contribution is 2.45. The summed E-state index contributed by atoms with van der Waals surface area (Å²) in [6, 6.07) is 20.8. The number of ether oxygens (including phenoxy) is 2. The highest BCUT2D eigenvalue weighted by molar-refractivity contribution is 5.97. The third-order valence-corrected chi connectivity index (χ3v) is 4.60. The van der Waals surface area contributed by atoms with Crippen molar-refractivity contribution in [2.45, 2.75) is 0 Å². The largest absolute Gasteiger partial charge is 0.549 e. The Morgan fingerprint density at radius 3 is 2.31 bits per heavy atom. The lowest BCUT2D eigenvalue weighted by Gasteiger charge is -2.23. The molecule has 0 aliphatic carbocycles. The molecule has 0 saturated carbocycles. The summed E-state index contributed by atoms with van der Waals surface area (Å²) in [6.07, 6.45) is 1.48. The molecule has 1 aliphatic heterocycles. The number of fused-ring (bicyclic) bond motifs is 2. The Labute approximate surface area is 167 Å². The predicted molar refractivity (Wildman–Crippen MR) is 114 cm³/mol. The smallest absolute Gasteiger partial charge is 0.456 e. The topological polar surface area (TPSA) is 102 Å². The Morgan fingerprint density at radius 2 is 1.62 bits per heavy atom. The second-order valence-electron chi connectivity index (χ2n) is 6.40. The van der Waals surface area contributed by atoms with Crippen molar-refractivity contribution >= 4 is 24.2 Å². The fourth-order valence-corrected chi connectivity index (χ4v) is 3.17. The van der Waals surface area contributed by atoms with Gasteiger partial charge in [0.1, 0.15) is 17.8 Å². The normalized spacial score (nSPS) is 12.9. The zero-order valence-corrected chi connectivity index (χ0v) is 15.5. The minimum Gasteiger partial charge on any atom is -0.456 e. The molecule has 0 aromatic heterocycles. The maximum absolute atomic E-state index is 11.7. The standard InChI is InChI=1S/C23H17N3O3/c1-26-23(25)28-13-19-17-11-15(14-5-3-2-4-6-14)7-9-20(17)29-21-10-8-16(22(24)27)12-18(19)21/h2-13,25H,1H2,(H2,24,27)/p+1. The van der Waals surface area contributed by atoms with E-state index in [1.54, 1.807) is 18.2 Å². The minimum absolute atomic E-state index is 0.0858. The average Bonchev–Trinajstić information content (AvgIpc) is 2.76. The van der Waals surface area contributed by atoms with Crippen molar-refractivity contribution in [3.63, 3.8) is 0 Å². The molecule has 4 rings (SSSR count). The highest BCUT2D eigenvalue weighted by atomic mass is 16.5. The summed E-state index contributed by atoms with van der Waals surface area (Å²) >= 11 is 0. The number of amidine groups is 1. The van der Waals surface area contributed by atoms with Gasteiger partial charge in [-0.25, -0.2) is 5.73 Å². The summed E-state index contributed by atoms with van der Waals surface area (Å²) in [5, 5.41) is 0. The van der Waals surface area contributed by atoms with Gasteiger partial charge in [0.25, 0.3) is 0 Å². The van der Waals surface area contributed by atoms with Gasteiger partial charge in [0.05, 0.1) is 0 Å².